The molecule has 1 saturated carbocycles. The van der Waals surface area contributed by atoms with Crippen molar-refractivity contribution < 1.29 is 0 Å². The van der Waals surface area contributed by atoms with E-state index in [1.54, 1.807) is 11.3 Å². The minimum atomic E-state index is 0. The maximum absolute atomic E-state index is 5.58. The number of rotatable bonds is 3. The lowest BCUT2D eigenvalue weighted by molar-refractivity contribution is 1.05. The average Bonchev–Trinajstić information content (AvgIpc) is 3.08. The Hall–Kier alpha value is -0.900. The molecule has 1 heterocycles. The number of nitrogens with two attached hydrogens (primary N) is 1. The predicted molar refractivity (Wildman–Crippen MR) is 74.7 cm³/mol. The monoisotopic (exact) mass is 266 g/mol. The standard InChI is InChI=1S/C13H14N2S.ClH/c14-7-9-1-3-11(4-2-9)13-15-12(8-16-13)10-5-6-10;/h1-4,8,10H,5-7,14H2;1H. The van der Waals surface area contributed by atoms with Crippen molar-refractivity contribution in [3.8, 4) is 10.6 Å². The molecular weight excluding hydrogens is 252 g/mol. The van der Waals surface area contributed by atoms with Crippen LogP contribution in [0.25, 0.3) is 10.6 Å². The summed E-state index contributed by atoms with van der Waals surface area (Å²) in [4.78, 5) is 4.69. The van der Waals surface area contributed by atoms with Crippen LogP contribution < -0.4 is 5.73 Å². The molecule has 0 aliphatic heterocycles. The van der Waals surface area contributed by atoms with Crippen molar-refractivity contribution in [3.05, 3.63) is 40.9 Å². The predicted octanol–water partition coefficient (Wildman–Crippen LogP) is 3.57. The zero-order valence-corrected chi connectivity index (χ0v) is 11.1. The van der Waals surface area contributed by atoms with E-state index in [1.165, 1.54) is 29.7 Å². The molecule has 4 heteroatoms. The third-order valence-electron chi connectivity index (χ3n) is 2.95. The molecule has 0 unspecified atom stereocenters. The first-order chi connectivity index (χ1) is 7.86. The fraction of sp³-hybridized carbons (Fsp3) is 0.308. The van der Waals surface area contributed by atoms with Gasteiger partial charge < -0.3 is 5.73 Å². The Labute approximate surface area is 111 Å². The van der Waals surface area contributed by atoms with Gasteiger partial charge in [-0.1, -0.05) is 24.3 Å². The second-order valence-electron chi connectivity index (χ2n) is 4.25. The molecule has 2 N–H and O–H groups in total. The van der Waals surface area contributed by atoms with Crippen LogP contribution in [0.3, 0.4) is 0 Å². The molecular formula is C13H15ClN2S. The summed E-state index contributed by atoms with van der Waals surface area (Å²) < 4.78 is 0. The van der Waals surface area contributed by atoms with Crippen molar-refractivity contribution in [1.82, 2.24) is 4.98 Å². The van der Waals surface area contributed by atoms with Crippen LogP contribution in [0.4, 0.5) is 0 Å². The Kier molecular flexibility index (Phi) is 3.82. The van der Waals surface area contributed by atoms with Gasteiger partial charge in [0.15, 0.2) is 0 Å². The van der Waals surface area contributed by atoms with Crippen LogP contribution in [0.5, 0.6) is 0 Å². The third-order valence-corrected chi connectivity index (χ3v) is 3.86. The van der Waals surface area contributed by atoms with Crippen LogP contribution in [0.1, 0.15) is 30.0 Å². The smallest absolute Gasteiger partial charge is 0.123 e. The zero-order valence-electron chi connectivity index (χ0n) is 9.43. The minimum Gasteiger partial charge on any atom is -0.326 e. The molecule has 0 radical (unpaired) electrons. The van der Waals surface area contributed by atoms with Crippen molar-refractivity contribution in [2.75, 3.05) is 0 Å². The summed E-state index contributed by atoms with van der Waals surface area (Å²) in [7, 11) is 0. The van der Waals surface area contributed by atoms with E-state index in [2.05, 4.69) is 34.6 Å². The van der Waals surface area contributed by atoms with Gasteiger partial charge in [-0.2, -0.15) is 0 Å². The maximum atomic E-state index is 5.58. The summed E-state index contributed by atoms with van der Waals surface area (Å²) >= 11 is 1.74. The van der Waals surface area contributed by atoms with Gasteiger partial charge in [-0.05, 0) is 18.4 Å². The SMILES string of the molecule is Cl.NCc1ccc(-c2nc(C3CC3)cs2)cc1. The van der Waals surface area contributed by atoms with Crippen molar-refractivity contribution in [1.29, 1.82) is 0 Å². The normalized spacial score (nSPS) is 14.4. The number of nitrogens with zero attached hydrogens (tertiary/aromatic N) is 1. The Balaban J connectivity index is 0.00000108. The molecule has 0 spiro atoms. The van der Waals surface area contributed by atoms with Gasteiger partial charge in [0.25, 0.3) is 0 Å². The molecule has 0 bridgehead atoms. The first-order valence-electron chi connectivity index (χ1n) is 5.61. The fourth-order valence-electron chi connectivity index (χ4n) is 1.77. The van der Waals surface area contributed by atoms with Crippen LogP contribution in [0, 0.1) is 0 Å². The number of benzene rings is 1. The number of hydrogen-bond donors (Lipinski definition) is 1. The molecule has 1 aromatic heterocycles. The quantitative estimate of drug-likeness (QED) is 0.922. The molecule has 1 aromatic carbocycles. The number of hydrogen-bond acceptors (Lipinski definition) is 3. The summed E-state index contributed by atoms with van der Waals surface area (Å²) in [5.41, 5.74) is 9.23. The molecule has 0 atom stereocenters. The molecule has 2 nitrogen and oxygen atoms in total. The van der Waals surface area contributed by atoms with Crippen molar-refractivity contribution >= 4 is 23.7 Å². The van der Waals surface area contributed by atoms with Crippen LogP contribution in [0.2, 0.25) is 0 Å². The highest BCUT2D eigenvalue weighted by Gasteiger charge is 2.26. The van der Waals surface area contributed by atoms with E-state index in [4.69, 9.17) is 5.73 Å². The highest BCUT2D eigenvalue weighted by Crippen LogP contribution is 2.41. The second-order valence-corrected chi connectivity index (χ2v) is 5.11. The van der Waals surface area contributed by atoms with Crippen LogP contribution in [0.15, 0.2) is 29.6 Å². The molecule has 1 aliphatic carbocycles. The highest BCUT2D eigenvalue weighted by molar-refractivity contribution is 7.13. The van der Waals surface area contributed by atoms with Gasteiger partial charge in [0.05, 0.1) is 5.69 Å². The van der Waals surface area contributed by atoms with E-state index in [0.29, 0.717) is 6.54 Å². The van der Waals surface area contributed by atoms with Gasteiger partial charge >= 0.3 is 0 Å². The first-order valence-corrected chi connectivity index (χ1v) is 6.49. The number of halogens is 1. The lowest BCUT2D eigenvalue weighted by Gasteiger charge is -1.98. The van der Waals surface area contributed by atoms with Crippen molar-refractivity contribution in [2.24, 2.45) is 5.73 Å². The number of aromatic nitrogens is 1. The van der Waals surface area contributed by atoms with E-state index in [9.17, 15) is 0 Å². The summed E-state index contributed by atoms with van der Waals surface area (Å²) in [5.74, 6) is 0.744. The molecule has 90 valence electrons. The van der Waals surface area contributed by atoms with Crippen LogP contribution in [-0.2, 0) is 6.54 Å². The van der Waals surface area contributed by atoms with Gasteiger partial charge in [-0.15, -0.1) is 23.7 Å². The summed E-state index contributed by atoms with van der Waals surface area (Å²) in [6.45, 7) is 0.603. The van der Waals surface area contributed by atoms with E-state index in [-0.39, 0.29) is 12.4 Å². The lowest BCUT2D eigenvalue weighted by atomic mass is 10.1. The topological polar surface area (TPSA) is 38.9 Å². The number of thiazole rings is 1. The molecule has 3 rings (SSSR count). The van der Waals surface area contributed by atoms with E-state index in [1.807, 2.05) is 0 Å². The van der Waals surface area contributed by atoms with Gasteiger partial charge in [-0.25, -0.2) is 4.98 Å². The van der Waals surface area contributed by atoms with E-state index < -0.39 is 0 Å². The Morgan fingerprint density at radius 3 is 2.53 bits per heavy atom. The summed E-state index contributed by atoms with van der Waals surface area (Å²) in [5, 5.41) is 3.33. The molecule has 2 aromatic rings. The Morgan fingerprint density at radius 2 is 1.94 bits per heavy atom. The molecule has 0 amide bonds. The lowest BCUT2D eigenvalue weighted by Crippen LogP contribution is -1.95. The van der Waals surface area contributed by atoms with Crippen LogP contribution in [-0.4, -0.2) is 4.98 Å². The van der Waals surface area contributed by atoms with Gasteiger partial charge in [-0.3, -0.25) is 0 Å². The fourth-order valence-corrected chi connectivity index (χ4v) is 2.68. The van der Waals surface area contributed by atoms with Crippen molar-refractivity contribution in [2.45, 2.75) is 25.3 Å². The zero-order chi connectivity index (χ0) is 11.0. The van der Waals surface area contributed by atoms with Gasteiger partial charge in [0.2, 0.25) is 0 Å². The van der Waals surface area contributed by atoms with Gasteiger partial charge in [0, 0.05) is 23.4 Å². The van der Waals surface area contributed by atoms with E-state index in [0.717, 1.165) is 10.9 Å². The molecule has 17 heavy (non-hydrogen) atoms. The van der Waals surface area contributed by atoms with E-state index >= 15 is 0 Å². The first kappa shape index (κ1) is 12.6. The molecule has 0 saturated heterocycles. The Bertz CT molecular complexity index is 488. The maximum Gasteiger partial charge on any atom is 0.123 e. The summed E-state index contributed by atoms with van der Waals surface area (Å²) in [6, 6.07) is 8.37. The van der Waals surface area contributed by atoms with Crippen molar-refractivity contribution in [3.63, 3.8) is 0 Å². The Morgan fingerprint density at radius 1 is 1.24 bits per heavy atom. The summed E-state index contributed by atoms with van der Waals surface area (Å²) in [6.07, 6.45) is 2.63. The second kappa shape index (κ2) is 5.17. The third kappa shape index (κ3) is 2.68. The largest absolute Gasteiger partial charge is 0.326 e. The van der Waals surface area contributed by atoms with Crippen LogP contribution >= 0.6 is 23.7 Å². The highest BCUT2D eigenvalue weighted by atomic mass is 35.5. The molecule has 1 aliphatic rings. The van der Waals surface area contributed by atoms with Gasteiger partial charge in [0.1, 0.15) is 5.01 Å². The minimum absolute atomic E-state index is 0. The average molecular weight is 267 g/mol. The molecule has 1 fully saturated rings.